The molecule has 0 N–H and O–H groups in total. The van der Waals surface area contributed by atoms with Gasteiger partial charge < -0.3 is 0 Å². The Morgan fingerprint density at radius 1 is 1.00 bits per heavy atom. The fraction of sp³-hybridized carbons (Fsp3) is 0.846. The average Bonchev–Trinajstić information content (AvgIpc) is 2.09. The van der Waals surface area contributed by atoms with Crippen LogP contribution in [0.5, 0.6) is 0 Å². The summed E-state index contributed by atoms with van der Waals surface area (Å²) in [4.78, 5) is 2.51. The van der Waals surface area contributed by atoms with Crippen molar-refractivity contribution in [3.63, 3.8) is 0 Å². The molecule has 0 saturated heterocycles. The number of rotatable bonds is 8. The molecule has 0 radical (unpaired) electrons. The van der Waals surface area contributed by atoms with E-state index in [0.717, 1.165) is 18.4 Å². The first kappa shape index (κ1) is 13.7. The van der Waals surface area contributed by atoms with Gasteiger partial charge in [-0.2, -0.15) is 0 Å². The number of nitrogens with zero attached hydrogens (tertiary/aromatic N) is 1. The minimum atomic E-state index is 0.807. The highest BCUT2D eigenvalue weighted by Gasteiger charge is 2.05. The van der Waals surface area contributed by atoms with Crippen LogP contribution in [0, 0.1) is 11.8 Å². The molecule has 0 aliphatic heterocycles. The molecule has 0 amide bonds. The van der Waals surface area contributed by atoms with E-state index in [-0.39, 0.29) is 0 Å². The van der Waals surface area contributed by atoms with Gasteiger partial charge in [0, 0.05) is 6.54 Å². The molecule has 1 nitrogen and oxygen atoms in total. The van der Waals surface area contributed by atoms with Crippen molar-refractivity contribution in [3.8, 4) is 0 Å². The van der Waals surface area contributed by atoms with Crippen LogP contribution in [0.15, 0.2) is 12.7 Å². The molecule has 0 rings (SSSR count). The SMILES string of the molecule is C=CCN(CCC(C)C)CCC(C)C. The maximum atomic E-state index is 3.81. The second-order valence-electron chi connectivity index (χ2n) is 4.95. The smallest absolute Gasteiger partial charge is 0.0160 e. The van der Waals surface area contributed by atoms with Crippen molar-refractivity contribution < 1.29 is 0 Å². The van der Waals surface area contributed by atoms with Gasteiger partial charge in [0.15, 0.2) is 0 Å². The highest BCUT2D eigenvalue weighted by atomic mass is 15.1. The maximum Gasteiger partial charge on any atom is 0.0160 e. The minimum Gasteiger partial charge on any atom is -0.300 e. The van der Waals surface area contributed by atoms with E-state index >= 15 is 0 Å². The fourth-order valence-electron chi connectivity index (χ4n) is 1.36. The average molecular weight is 197 g/mol. The summed E-state index contributed by atoms with van der Waals surface area (Å²) in [7, 11) is 0. The molecule has 0 saturated carbocycles. The zero-order chi connectivity index (χ0) is 11.0. The van der Waals surface area contributed by atoms with E-state index in [1.54, 1.807) is 0 Å². The Morgan fingerprint density at radius 2 is 1.43 bits per heavy atom. The molecule has 0 fully saturated rings. The van der Waals surface area contributed by atoms with E-state index < -0.39 is 0 Å². The van der Waals surface area contributed by atoms with E-state index in [1.807, 2.05) is 6.08 Å². The van der Waals surface area contributed by atoms with Crippen molar-refractivity contribution in [2.45, 2.75) is 40.5 Å². The predicted octanol–water partition coefficient (Wildman–Crippen LogP) is 3.57. The highest BCUT2D eigenvalue weighted by Crippen LogP contribution is 2.06. The van der Waals surface area contributed by atoms with Crippen LogP contribution in [0.2, 0.25) is 0 Å². The van der Waals surface area contributed by atoms with E-state index in [2.05, 4.69) is 39.2 Å². The van der Waals surface area contributed by atoms with Crippen molar-refractivity contribution in [1.82, 2.24) is 4.90 Å². The van der Waals surface area contributed by atoms with Gasteiger partial charge in [-0.15, -0.1) is 6.58 Å². The second-order valence-corrected chi connectivity index (χ2v) is 4.95. The molecular formula is C13H27N. The van der Waals surface area contributed by atoms with Crippen molar-refractivity contribution in [2.24, 2.45) is 11.8 Å². The third-order valence-corrected chi connectivity index (χ3v) is 2.43. The van der Waals surface area contributed by atoms with Crippen molar-refractivity contribution in [1.29, 1.82) is 0 Å². The van der Waals surface area contributed by atoms with E-state index in [9.17, 15) is 0 Å². The van der Waals surface area contributed by atoms with Gasteiger partial charge in [-0.3, -0.25) is 4.90 Å². The summed E-state index contributed by atoms with van der Waals surface area (Å²) < 4.78 is 0. The molecule has 0 atom stereocenters. The molecule has 0 aromatic carbocycles. The van der Waals surface area contributed by atoms with Crippen LogP contribution in [0.1, 0.15) is 40.5 Å². The van der Waals surface area contributed by atoms with Crippen molar-refractivity contribution >= 4 is 0 Å². The van der Waals surface area contributed by atoms with E-state index in [1.165, 1.54) is 25.9 Å². The molecule has 0 bridgehead atoms. The quantitative estimate of drug-likeness (QED) is 0.538. The van der Waals surface area contributed by atoms with Crippen LogP contribution in [0.4, 0.5) is 0 Å². The van der Waals surface area contributed by atoms with E-state index in [0.29, 0.717) is 0 Å². The summed E-state index contributed by atoms with van der Waals surface area (Å²) in [5.74, 6) is 1.61. The molecule has 14 heavy (non-hydrogen) atoms. The maximum absolute atomic E-state index is 3.81. The summed E-state index contributed by atoms with van der Waals surface area (Å²) in [6.45, 7) is 16.4. The second kappa shape index (κ2) is 8.05. The Labute approximate surface area is 90.2 Å². The normalized spacial score (nSPS) is 11.6. The molecule has 1 heteroatoms. The van der Waals surface area contributed by atoms with Crippen LogP contribution in [0.3, 0.4) is 0 Å². The lowest BCUT2D eigenvalue weighted by Gasteiger charge is -2.22. The third-order valence-electron chi connectivity index (χ3n) is 2.43. The first-order valence-electron chi connectivity index (χ1n) is 5.89. The summed E-state index contributed by atoms with van der Waals surface area (Å²) in [5.41, 5.74) is 0. The van der Waals surface area contributed by atoms with Gasteiger partial charge in [0.25, 0.3) is 0 Å². The third kappa shape index (κ3) is 8.31. The van der Waals surface area contributed by atoms with Crippen LogP contribution in [0.25, 0.3) is 0 Å². The topological polar surface area (TPSA) is 3.24 Å². The Balaban J connectivity index is 3.70. The van der Waals surface area contributed by atoms with Gasteiger partial charge in [0.1, 0.15) is 0 Å². The van der Waals surface area contributed by atoms with Crippen LogP contribution in [-0.4, -0.2) is 24.5 Å². The fourth-order valence-corrected chi connectivity index (χ4v) is 1.36. The predicted molar refractivity (Wildman–Crippen MR) is 65.5 cm³/mol. The lowest BCUT2D eigenvalue weighted by molar-refractivity contribution is 0.266. The van der Waals surface area contributed by atoms with Crippen molar-refractivity contribution in [2.75, 3.05) is 19.6 Å². The Morgan fingerprint density at radius 3 is 1.71 bits per heavy atom. The van der Waals surface area contributed by atoms with Gasteiger partial charge in [0.2, 0.25) is 0 Å². The molecule has 0 aromatic rings. The summed E-state index contributed by atoms with van der Waals surface area (Å²) in [6, 6.07) is 0. The number of hydrogen-bond acceptors (Lipinski definition) is 1. The Kier molecular flexibility index (Phi) is 7.87. The minimum absolute atomic E-state index is 0.807. The van der Waals surface area contributed by atoms with Crippen LogP contribution >= 0.6 is 0 Å². The monoisotopic (exact) mass is 197 g/mol. The molecule has 0 aromatic heterocycles. The van der Waals surface area contributed by atoms with Gasteiger partial charge in [-0.05, 0) is 37.8 Å². The molecular weight excluding hydrogens is 170 g/mol. The zero-order valence-electron chi connectivity index (χ0n) is 10.4. The lowest BCUT2D eigenvalue weighted by atomic mass is 10.1. The zero-order valence-corrected chi connectivity index (χ0v) is 10.4. The Bertz CT molecular complexity index is 126. The largest absolute Gasteiger partial charge is 0.300 e. The summed E-state index contributed by atoms with van der Waals surface area (Å²) in [6.07, 6.45) is 4.61. The van der Waals surface area contributed by atoms with Crippen LogP contribution in [-0.2, 0) is 0 Å². The number of hydrogen-bond donors (Lipinski definition) is 0. The lowest BCUT2D eigenvalue weighted by Crippen LogP contribution is -2.27. The van der Waals surface area contributed by atoms with Crippen molar-refractivity contribution in [3.05, 3.63) is 12.7 Å². The first-order chi connectivity index (χ1) is 6.56. The first-order valence-corrected chi connectivity index (χ1v) is 5.89. The van der Waals surface area contributed by atoms with Gasteiger partial charge in [-0.1, -0.05) is 33.8 Å². The molecule has 0 heterocycles. The molecule has 0 spiro atoms. The highest BCUT2D eigenvalue weighted by molar-refractivity contribution is 4.73. The van der Waals surface area contributed by atoms with Gasteiger partial charge in [0.05, 0.1) is 0 Å². The molecule has 0 aliphatic rings. The van der Waals surface area contributed by atoms with Gasteiger partial charge in [-0.25, -0.2) is 0 Å². The molecule has 0 aliphatic carbocycles. The standard InChI is InChI=1S/C13H27N/c1-6-9-14(10-7-12(2)3)11-8-13(4)5/h6,12-13H,1,7-11H2,2-5H3. The summed E-state index contributed by atoms with van der Waals surface area (Å²) >= 11 is 0. The van der Waals surface area contributed by atoms with Crippen LogP contribution < -0.4 is 0 Å². The summed E-state index contributed by atoms with van der Waals surface area (Å²) in [5, 5.41) is 0. The van der Waals surface area contributed by atoms with E-state index in [4.69, 9.17) is 0 Å². The molecule has 0 unspecified atom stereocenters. The Hall–Kier alpha value is -0.300. The molecule has 84 valence electrons. The van der Waals surface area contributed by atoms with Gasteiger partial charge >= 0.3 is 0 Å².